The Morgan fingerprint density at radius 3 is 2.83 bits per heavy atom. The summed E-state index contributed by atoms with van der Waals surface area (Å²) in [6, 6.07) is 0. The van der Waals surface area contributed by atoms with Crippen LogP contribution in [0, 0.1) is 13.8 Å². The van der Waals surface area contributed by atoms with Crippen molar-refractivity contribution in [3.8, 4) is 0 Å². The largest absolute Gasteiger partial charge is 0.481 e. The third kappa shape index (κ3) is 2.43. The van der Waals surface area contributed by atoms with Gasteiger partial charge in [-0.1, -0.05) is 0 Å². The van der Waals surface area contributed by atoms with Crippen LogP contribution in [0.4, 0.5) is 5.82 Å². The molecule has 0 amide bonds. The minimum absolute atomic E-state index is 0.101. The molecule has 1 N–H and O–H groups in total. The van der Waals surface area contributed by atoms with Crippen LogP contribution >= 0.6 is 11.3 Å². The van der Waals surface area contributed by atoms with Gasteiger partial charge in [0.2, 0.25) is 0 Å². The van der Waals surface area contributed by atoms with Crippen LogP contribution in [-0.2, 0) is 4.79 Å². The number of aliphatic carboxylic acids is 1. The maximum atomic E-state index is 10.6. The quantitative estimate of drug-likeness (QED) is 0.918. The number of carbonyl (C=O) groups is 1. The van der Waals surface area contributed by atoms with Gasteiger partial charge in [0, 0.05) is 13.6 Å². The fourth-order valence-electron chi connectivity index (χ4n) is 1.81. The number of thiophene rings is 1. The van der Waals surface area contributed by atoms with E-state index in [-0.39, 0.29) is 6.42 Å². The predicted molar refractivity (Wildman–Crippen MR) is 72.4 cm³/mol. The number of hydrogen-bond acceptors (Lipinski definition) is 5. The fraction of sp³-hybridized carbons (Fsp3) is 0.417. The molecule has 0 radical (unpaired) electrons. The summed E-state index contributed by atoms with van der Waals surface area (Å²) in [4.78, 5) is 22.3. The molecule has 0 fully saturated rings. The summed E-state index contributed by atoms with van der Waals surface area (Å²) in [7, 11) is 1.86. The standard InChI is InChI=1S/C12H15N3O2S/c1-7-6-18-12-10(7)11(13-8(2)14-12)15(3)5-4-9(16)17/h6H,4-5H2,1-3H3,(H,16,17). The van der Waals surface area contributed by atoms with Crippen molar-refractivity contribution in [3.05, 3.63) is 16.8 Å². The molecule has 0 aromatic carbocycles. The zero-order chi connectivity index (χ0) is 13.3. The highest BCUT2D eigenvalue weighted by Gasteiger charge is 2.14. The summed E-state index contributed by atoms with van der Waals surface area (Å²) < 4.78 is 0. The van der Waals surface area contributed by atoms with E-state index in [4.69, 9.17) is 5.11 Å². The van der Waals surface area contributed by atoms with Crippen LogP contribution in [0.2, 0.25) is 0 Å². The van der Waals surface area contributed by atoms with E-state index in [2.05, 4.69) is 9.97 Å². The maximum Gasteiger partial charge on any atom is 0.305 e. The predicted octanol–water partition coefficient (Wildman–Crippen LogP) is 2.22. The number of carboxylic acid groups (broad SMARTS) is 1. The van der Waals surface area contributed by atoms with Gasteiger partial charge in [0.05, 0.1) is 11.8 Å². The molecule has 0 aliphatic heterocycles. The smallest absolute Gasteiger partial charge is 0.305 e. The highest BCUT2D eigenvalue weighted by molar-refractivity contribution is 7.17. The average molecular weight is 265 g/mol. The minimum Gasteiger partial charge on any atom is -0.481 e. The highest BCUT2D eigenvalue weighted by Crippen LogP contribution is 2.30. The molecular formula is C12H15N3O2S. The van der Waals surface area contributed by atoms with Gasteiger partial charge in [-0.3, -0.25) is 4.79 Å². The van der Waals surface area contributed by atoms with Gasteiger partial charge in [0.1, 0.15) is 16.5 Å². The molecule has 96 valence electrons. The summed E-state index contributed by atoms with van der Waals surface area (Å²) in [5.74, 6) is 0.727. The lowest BCUT2D eigenvalue weighted by molar-refractivity contribution is -0.136. The highest BCUT2D eigenvalue weighted by atomic mass is 32.1. The molecule has 0 unspecified atom stereocenters. The number of nitrogens with zero attached hydrogens (tertiary/aromatic N) is 3. The van der Waals surface area contributed by atoms with Crippen molar-refractivity contribution in [2.75, 3.05) is 18.5 Å². The number of fused-ring (bicyclic) bond motifs is 1. The van der Waals surface area contributed by atoms with E-state index in [9.17, 15) is 4.79 Å². The van der Waals surface area contributed by atoms with Gasteiger partial charge in [-0.15, -0.1) is 11.3 Å². The number of aromatic nitrogens is 2. The molecular weight excluding hydrogens is 250 g/mol. The first kappa shape index (κ1) is 12.8. The van der Waals surface area contributed by atoms with Crippen molar-refractivity contribution in [1.82, 2.24) is 9.97 Å². The Labute approximate surface area is 109 Å². The molecule has 2 aromatic heterocycles. The maximum absolute atomic E-state index is 10.6. The Morgan fingerprint density at radius 2 is 2.17 bits per heavy atom. The molecule has 5 nitrogen and oxygen atoms in total. The number of aryl methyl sites for hydroxylation is 2. The van der Waals surface area contributed by atoms with Gasteiger partial charge < -0.3 is 10.0 Å². The number of anilines is 1. The van der Waals surface area contributed by atoms with Crippen LogP contribution in [0.15, 0.2) is 5.38 Å². The Balaban J connectivity index is 2.42. The lowest BCUT2D eigenvalue weighted by atomic mass is 10.2. The Morgan fingerprint density at radius 1 is 1.44 bits per heavy atom. The van der Waals surface area contributed by atoms with Crippen LogP contribution in [0.25, 0.3) is 10.2 Å². The molecule has 0 aliphatic rings. The second-order valence-electron chi connectivity index (χ2n) is 4.26. The zero-order valence-corrected chi connectivity index (χ0v) is 11.4. The summed E-state index contributed by atoms with van der Waals surface area (Å²) in [6.07, 6.45) is 0.101. The number of rotatable bonds is 4. The van der Waals surface area contributed by atoms with E-state index < -0.39 is 5.97 Å². The normalized spacial score (nSPS) is 10.8. The topological polar surface area (TPSA) is 66.3 Å². The van der Waals surface area contributed by atoms with Crippen LogP contribution in [0.5, 0.6) is 0 Å². The van der Waals surface area contributed by atoms with Gasteiger partial charge in [-0.25, -0.2) is 9.97 Å². The van der Waals surface area contributed by atoms with E-state index >= 15 is 0 Å². The first-order valence-electron chi connectivity index (χ1n) is 5.64. The van der Waals surface area contributed by atoms with E-state index in [1.807, 2.05) is 31.2 Å². The monoisotopic (exact) mass is 265 g/mol. The zero-order valence-electron chi connectivity index (χ0n) is 10.6. The van der Waals surface area contributed by atoms with E-state index in [1.54, 1.807) is 11.3 Å². The first-order chi connectivity index (χ1) is 8.49. The number of carboxylic acids is 1. The van der Waals surface area contributed by atoms with Gasteiger partial charge >= 0.3 is 5.97 Å². The molecule has 2 aromatic rings. The van der Waals surface area contributed by atoms with Crippen LogP contribution in [0.1, 0.15) is 17.8 Å². The second-order valence-corrected chi connectivity index (χ2v) is 5.12. The van der Waals surface area contributed by atoms with Crippen molar-refractivity contribution < 1.29 is 9.90 Å². The Hall–Kier alpha value is -1.69. The van der Waals surface area contributed by atoms with Gasteiger partial charge in [0.15, 0.2) is 0 Å². The van der Waals surface area contributed by atoms with Crippen molar-refractivity contribution >= 4 is 33.3 Å². The lowest BCUT2D eigenvalue weighted by Crippen LogP contribution is -2.22. The van der Waals surface area contributed by atoms with Crippen LogP contribution in [-0.4, -0.2) is 34.6 Å². The van der Waals surface area contributed by atoms with Gasteiger partial charge in [-0.05, 0) is 24.8 Å². The Kier molecular flexibility index (Phi) is 3.47. The molecule has 2 rings (SSSR count). The molecule has 0 atom stereocenters. The van der Waals surface area contributed by atoms with Crippen molar-refractivity contribution in [1.29, 1.82) is 0 Å². The van der Waals surface area contributed by atoms with E-state index in [0.29, 0.717) is 12.4 Å². The molecule has 0 spiro atoms. The van der Waals surface area contributed by atoms with E-state index in [0.717, 1.165) is 21.6 Å². The fourth-order valence-corrected chi connectivity index (χ4v) is 2.77. The summed E-state index contributed by atoms with van der Waals surface area (Å²) in [5, 5.41) is 11.8. The molecule has 0 bridgehead atoms. The summed E-state index contributed by atoms with van der Waals surface area (Å²) in [6.45, 7) is 4.31. The molecule has 2 heterocycles. The minimum atomic E-state index is -0.800. The van der Waals surface area contributed by atoms with Gasteiger partial charge in [0.25, 0.3) is 0 Å². The number of hydrogen-bond donors (Lipinski definition) is 1. The van der Waals surface area contributed by atoms with Crippen molar-refractivity contribution in [3.63, 3.8) is 0 Å². The Bertz CT molecular complexity index is 594. The molecule has 0 aliphatic carbocycles. The van der Waals surface area contributed by atoms with Crippen LogP contribution < -0.4 is 4.90 Å². The average Bonchev–Trinajstić information content (AvgIpc) is 2.66. The molecule has 18 heavy (non-hydrogen) atoms. The van der Waals surface area contributed by atoms with E-state index in [1.165, 1.54) is 0 Å². The third-order valence-electron chi connectivity index (χ3n) is 2.73. The second kappa shape index (κ2) is 4.89. The summed E-state index contributed by atoms with van der Waals surface area (Å²) in [5.41, 5.74) is 1.13. The van der Waals surface area contributed by atoms with Gasteiger partial charge in [-0.2, -0.15) is 0 Å². The van der Waals surface area contributed by atoms with Crippen molar-refractivity contribution in [2.45, 2.75) is 20.3 Å². The summed E-state index contributed by atoms with van der Waals surface area (Å²) >= 11 is 1.59. The molecule has 6 heteroatoms. The SMILES string of the molecule is Cc1nc(N(C)CCC(=O)O)c2c(C)csc2n1. The molecule has 0 saturated carbocycles. The van der Waals surface area contributed by atoms with Crippen LogP contribution in [0.3, 0.4) is 0 Å². The third-order valence-corrected chi connectivity index (χ3v) is 3.72. The first-order valence-corrected chi connectivity index (χ1v) is 6.52. The van der Waals surface area contributed by atoms with Crippen molar-refractivity contribution in [2.24, 2.45) is 0 Å². The lowest BCUT2D eigenvalue weighted by Gasteiger charge is -2.18. The molecule has 0 saturated heterocycles.